The smallest absolute Gasteiger partial charge is 0.160 e. The lowest BCUT2D eigenvalue weighted by atomic mass is 10.2. The van der Waals surface area contributed by atoms with Crippen LogP contribution < -0.4 is 10.1 Å². The molecule has 0 radical (unpaired) electrons. The van der Waals surface area contributed by atoms with Gasteiger partial charge in [-0.15, -0.1) is 10.2 Å². The summed E-state index contributed by atoms with van der Waals surface area (Å²) >= 11 is 1.55. The van der Waals surface area contributed by atoms with Crippen molar-refractivity contribution in [3.8, 4) is 22.1 Å². The molecule has 1 heterocycles. The molecule has 0 saturated heterocycles. The van der Waals surface area contributed by atoms with Crippen LogP contribution in [0.2, 0.25) is 0 Å². The van der Waals surface area contributed by atoms with E-state index in [4.69, 9.17) is 4.74 Å². The summed E-state index contributed by atoms with van der Waals surface area (Å²) in [5.74, 6) is 0.572. The first kappa shape index (κ1) is 15.7. The molecule has 0 aliphatic heterocycles. The fourth-order valence-electron chi connectivity index (χ4n) is 2.04. The van der Waals surface area contributed by atoms with Gasteiger partial charge < -0.3 is 15.2 Å². The monoisotopic (exact) mass is 307 g/mol. The highest BCUT2D eigenvalue weighted by Gasteiger charge is 2.15. The number of hydrogen-bond donors (Lipinski definition) is 2. The van der Waals surface area contributed by atoms with Crippen molar-refractivity contribution in [3.05, 3.63) is 23.2 Å². The molecule has 0 aliphatic rings. The lowest BCUT2D eigenvalue weighted by molar-refractivity contribution is 0.373. The standard InChI is InChI=1S/C15H21N3O2S/c1-4-8-16-11(5-2)15-18-17-14(21-15)10-6-7-13(20-3)12(19)9-10/h6-7,9,11,16,19H,4-5,8H2,1-3H3. The van der Waals surface area contributed by atoms with Crippen LogP contribution in [-0.4, -0.2) is 29.0 Å². The molecule has 0 fully saturated rings. The molecule has 2 aromatic rings. The molecule has 5 nitrogen and oxygen atoms in total. The first-order valence-electron chi connectivity index (χ1n) is 7.13. The van der Waals surface area contributed by atoms with E-state index >= 15 is 0 Å². The third-order valence-electron chi connectivity index (χ3n) is 3.21. The Kier molecular flexibility index (Phi) is 5.52. The van der Waals surface area contributed by atoms with E-state index in [1.54, 1.807) is 23.5 Å². The van der Waals surface area contributed by atoms with Crippen LogP contribution >= 0.6 is 11.3 Å². The molecule has 2 N–H and O–H groups in total. The lowest BCUT2D eigenvalue weighted by Crippen LogP contribution is -2.21. The highest BCUT2D eigenvalue weighted by atomic mass is 32.1. The van der Waals surface area contributed by atoms with Gasteiger partial charge in [-0.25, -0.2) is 0 Å². The molecule has 2 rings (SSSR count). The number of aromatic hydroxyl groups is 1. The fraction of sp³-hybridized carbons (Fsp3) is 0.467. The van der Waals surface area contributed by atoms with Crippen LogP contribution in [0, 0.1) is 0 Å². The number of rotatable bonds is 7. The van der Waals surface area contributed by atoms with Crippen molar-refractivity contribution in [2.75, 3.05) is 13.7 Å². The predicted molar refractivity (Wildman–Crippen MR) is 84.9 cm³/mol. The van der Waals surface area contributed by atoms with Crippen molar-refractivity contribution in [3.63, 3.8) is 0 Å². The van der Waals surface area contributed by atoms with Gasteiger partial charge in [0.05, 0.1) is 13.2 Å². The lowest BCUT2D eigenvalue weighted by Gasteiger charge is -2.12. The van der Waals surface area contributed by atoms with Gasteiger partial charge >= 0.3 is 0 Å². The van der Waals surface area contributed by atoms with Crippen molar-refractivity contribution < 1.29 is 9.84 Å². The highest BCUT2D eigenvalue weighted by Crippen LogP contribution is 2.34. The van der Waals surface area contributed by atoms with E-state index in [-0.39, 0.29) is 11.8 Å². The first-order chi connectivity index (χ1) is 10.2. The van der Waals surface area contributed by atoms with Gasteiger partial charge in [-0.1, -0.05) is 25.2 Å². The number of nitrogens with zero attached hydrogens (tertiary/aromatic N) is 2. The van der Waals surface area contributed by atoms with Crippen molar-refractivity contribution in [2.24, 2.45) is 0 Å². The fourth-order valence-corrected chi connectivity index (χ4v) is 3.04. The Morgan fingerprint density at radius 3 is 2.76 bits per heavy atom. The van der Waals surface area contributed by atoms with Crippen molar-refractivity contribution in [1.82, 2.24) is 15.5 Å². The minimum Gasteiger partial charge on any atom is -0.504 e. The Bertz CT molecular complexity index is 586. The summed E-state index contributed by atoms with van der Waals surface area (Å²) in [7, 11) is 1.53. The molecule has 0 amide bonds. The van der Waals surface area contributed by atoms with Crippen LogP contribution in [0.25, 0.3) is 10.6 Å². The maximum atomic E-state index is 9.85. The number of phenolic OH excluding ortho intramolecular Hbond substituents is 1. The zero-order chi connectivity index (χ0) is 15.2. The highest BCUT2D eigenvalue weighted by molar-refractivity contribution is 7.14. The molecular weight excluding hydrogens is 286 g/mol. The zero-order valence-electron chi connectivity index (χ0n) is 12.6. The number of aromatic nitrogens is 2. The zero-order valence-corrected chi connectivity index (χ0v) is 13.4. The van der Waals surface area contributed by atoms with E-state index in [1.165, 1.54) is 7.11 Å². The van der Waals surface area contributed by atoms with E-state index in [1.807, 2.05) is 6.07 Å². The Labute approximate surface area is 129 Å². The Balaban J connectivity index is 2.20. The normalized spacial score (nSPS) is 12.3. The van der Waals surface area contributed by atoms with Crippen LogP contribution in [0.3, 0.4) is 0 Å². The summed E-state index contributed by atoms with van der Waals surface area (Å²) in [5, 5.41) is 23.6. The molecule has 1 atom stereocenters. The van der Waals surface area contributed by atoms with Gasteiger partial charge in [0.2, 0.25) is 0 Å². The van der Waals surface area contributed by atoms with Crippen molar-refractivity contribution >= 4 is 11.3 Å². The second-order valence-electron chi connectivity index (χ2n) is 4.75. The molecule has 0 bridgehead atoms. The Hall–Kier alpha value is -1.66. The SMILES string of the molecule is CCCNC(CC)c1nnc(-c2ccc(OC)c(O)c2)s1. The van der Waals surface area contributed by atoms with Gasteiger partial charge in [-0.3, -0.25) is 0 Å². The van der Waals surface area contributed by atoms with Crippen molar-refractivity contribution in [1.29, 1.82) is 0 Å². The molecule has 1 aromatic carbocycles. The number of hydrogen-bond acceptors (Lipinski definition) is 6. The molecule has 114 valence electrons. The molecule has 6 heteroatoms. The van der Waals surface area contributed by atoms with Gasteiger partial charge in [0, 0.05) is 5.56 Å². The number of benzene rings is 1. The van der Waals surface area contributed by atoms with E-state index in [0.29, 0.717) is 5.75 Å². The van der Waals surface area contributed by atoms with Gasteiger partial charge in [0.1, 0.15) is 10.0 Å². The average molecular weight is 307 g/mol. The Morgan fingerprint density at radius 2 is 2.14 bits per heavy atom. The summed E-state index contributed by atoms with van der Waals surface area (Å²) in [5.41, 5.74) is 0.849. The van der Waals surface area contributed by atoms with E-state index in [0.717, 1.165) is 35.0 Å². The Morgan fingerprint density at radius 1 is 1.33 bits per heavy atom. The molecule has 0 spiro atoms. The first-order valence-corrected chi connectivity index (χ1v) is 7.95. The van der Waals surface area contributed by atoms with Crippen LogP contribution in [0.5, 0.6) is 11.5 Å². The van der Waals surface area contributed by atoms with E-state index in [9.17, 15) is 5.11 Å². The summed E-state index contributed by atoms with van der Waals surface area (Å²) in [6.07, 6.45) is 2.07. The van der Waals surface area contributed by atoms with Crippen LogP contribution in [0.15, 0.2) is 18.2 Å². The predicted octanol–water partition coefficient (Wildman–Crippen LogP) is 3.37. The van der Waals surface area contributed by atoms with Gasteiger partial charge in [-0.05, 0) is 37.6 Å². The van der Waals surface area contributed by atoms with E-state index < -0.39 is 0 Å². The van der Waals surface area contributed by atoms with Gasteiger partial charge in [0.25, 0.3) is 0 Å². The minimum absolute atomic E-state index is 0.114. The molecular formula is C15H21N3O2S. The summed E-state index contributed by atoms with van der Waals surface area (Å²) < 4.78 is 5.05. The van der Waals surface area contributed by atoms with Crippen LogP contribution in [0.4, 0.5) is 0 Å². The largest absolute Gasteiger partial charge is 0.504 e. The van der Waals surface area contributed by atoms with Crippen LogP contribution in [0.1, 0.15) is 37.7 Å². The van der Waals surface area contributed by atoms with Gasteiger partial charge in [0.15, 0.2) is 11.5 Å². The molecule has 21 heavy (non-hydrogen) atoms. The summed E-state index contributed by atoms with van der Waals surface area (Å²) in [6.45, 7) is 5.25. The number of phenols is 1. The average Bonchev–Trinajstić information content (AvgIpc) is 2.98. The molecule has 0 aliphatic carbocycles. The maximum absolute atomic E-state index is 9.85. The second kappa shape index (κ2) is 7.38. The minimum atomic E-state index is 0.114. The van der Waals surface area contributed by atoms with E-state index in [2.05, 4.69) is 29.4 Å². The maximum Gasteiger partial charge on any atom is 0.160 e. The summed E-state index contributed by atoms with van der Waals surface area (Å²) in [4.78, 5) is 0. The van der Waals surface area contributed by atoms with Crippen molar-refractivity contribution in [2.45, 2.75) is 32.7 Å². The third-order valence-corrected chi connectivity index (χ3v) is 4.30. The third kappa shape index (κ3) is 3.71. The second-order valence-corrected chi connectivity index (χ2v) is 5.76. The van der Waals surface area contributed by atoms with Crippen LogP contribution in [-0.2, 0) is 0 Å². The molecule has 0 saturated carbocycles. The molecule has 1 aromatic heterocycles. The quantitative estimate of drug-likeness (QED) is 0.821. The van der Waals surface area contributed by atoms with Gasteiger partial charge in [-0.2, -0.15) is 0 Å². The number of nitrogens with one attached hydrogen (secondary N) is 1. The number of ether oxygens (including phenoxy) is 1. The summed E-state index contributed by atoms with van der Waals surface area (Å²) in [6, 6.07) is 5.51. The number of methoxy groups -OCH3 is 1. The molecule has 1 unspecified atom stereocenters. The topological polar surface area (TPSA) is 67.3 Å².